The molecule has 1 aliphatic carbocycles. The summed E-state index contributed by atoms with van der Waals surface area (Å²) in [5, 5.41) is 17.3. The smallest absolute Gasteiger partial charge is 0.306 e. The molecule has 0 aromatic heterocycles. The molecular weight excluding hydrogens is 316 g/mol. The van der Waals surface area contributed by atoms with Gasteiger partial charge in [-0.2, -0.15) is 0 Å². The lowest BCUT2D eigenvalue weighted by Gasteiger charge is -2.28. The van der Waals surface area contributed by atoms with Gasteiger partial charge < -0.3 is 10.2 Å². The lowest BCUT2D eigenvalue weighted by atomic mass is 9.76. The van der Waals surface area contributed by atoms with Gasteiger partial charge in [-0.1, -0.05) is 77.9 Å². The molecule has 0 saturated carbocycles. The Kier molecular flexibility index (Phi) is 14.2. The topological polar surface area (TPSA) is 74.6 Å². The molecule has 0 bridgehead atoms. The Bertz CT molecular complexity index is 389. The van der Waals surface area contributed by atoms with Gasteiger partial charge >= 0.3 is 11.9 Å². The molecule has 1 aliphatic rings. The van der Waals surface area contributed by atoms with E-state index >= 15 is 0 Å². The van der Waals surface area contributed by atoms with Gasteiger partial charge in [-0.25, -0.2) is 0 Å². The van der Waals surface area contributed by atoms with Crippen LogP contribution < -0.4 is 0 Å². The van der Waals surface area contributed by atoms with Crippen molar-refractivity contribution in [2.45, 2.75) is 91.4 Å². The number of carboxylic acid groups (broad SMARTS) is 2. The molecule has 0 radical (unpaired) electrons. The van der Waals surface area contributed by atoms with Gasteiger partial charge in [-0.15, -0.1) is 0 Å². The van der Waals surface area contributed by atoms with Crippen LogP contribution in [0.1, 0.15) is 91.4 Å². The van der Waals surface area contributed by atoms with E-state index in [-0.39, 0.29) is 5.92 Å². The third-order valence-corrected chi connectivity index (χ3v) is 4.99. The van der Waals surface area contributed by atoms with Crippen LogP contribution in [-0.2, 0) is 9.59 Å². The Balaban J connectivity index is 0.000000504. The fraction of sp³-hybridized carbons (Fsp3) is 0.810. The second-order valence-electron chi connectivity index (χ2n) is 7.11. The maximum absolute atomic E-state index is 10.9. The van der Waals surface area contributed by atoms with Crippen LogP contribution in [0.15, 0.2) is 12.2 Å². The number of carboxylic acids is 2. The highest BCUT2D eigenvalue weighted by Crippen LogP contribution is 2.33. The Morgan fingerprint density at radius 2 is 1.72 bits per heavy atom. The van der Waals surface area contributed by atoms with Crippen LogP contribution in [0.2, 0.25) is 0 Å². The summed E-state index contributed by atoms with van der Waals surface area (Å²) in [5.41, 5.74) is 0. The molecule has 0 spiro atoms. The summed E-state index contributed by atoms with van der Waals surface area (Å²) in [4.78, 5) is 21.0. The average molecular weight is 355 g/mol. The first-order valence-electron chi connectivity index (χ1n) is 10.1. The van der Waals surface area contributed by atoms with Gasteiger partial charge in [-0.3, -0.25) is 9.59 Å². The first-order chi connectivity index (χ1) is 12.0. The second kappa shape index (κ2) is 15.0. The Hall–Kier alpha value is -1.32. The van der Waals surface area contributed by atoms with Crippen LogP contribution >= 0.6 is 0 Å². The Morgan fingerprint density at radius 1 is 1.04 bits per heavy atom. The van der Waals surface area contributed by atoms with E-state index in [0.717, 1.165) is 25.7 Å². The van der Waals surface area contributed by atoms with E-state index in [4.69, 9.17) is 10.2 Å². The summed E-state index contributed by atoms with van der Waals surface area (Å²) in [6.45, 7) is 6.56. The van der Waals surface area contributed by atoms with Crippen molar-refractivity contribution in [3.63, 3.8) is 0 Å². The van der Waals surface area contributed by atoms with E-state index in [1.54, 1.807) is 0 Å². The van der Waals surface area contributed by atoms with Crippen molar-refractivity contribution >= 4 is 11.9 Å². The fourth-order valence-electron chi connectivity index (χ4n) is 3.44. The van der Waals surface area contributed by atoms with Crippen molar-refractivity contribution in [3.05, 3.63) is 12.2 Å². The predicted molar refractivity (Wildman–Crippen MR) is 103 cm³/mol. The predicted octanol–water partition coefficient (Wildman–Crippen LogP) is 5.91. The maximum Gasteiger partial charge on any atom is 0.306 e. The van der Waals surface area contributed by atoms with E-state index in [0.29, 0.717) is 24.7 Å². The van der Waals surface area contributed by atoms with E-state index in [9.17, 15) is 9.59 Å². The molecule has 0 fully saturated rings. The Morgan fingerprint density at radius 3 is 2.24 bits per heavy atom. The molecule has 25 heavy (non-hydrogen) atoms. The SMILES string of the molecule is CCCC(CC)C1C=CCC(C(=O)O)C1.CCCCCCCC(=O)O. The van der Waals surface area contributed by atoms with Crippen LogP contribution in [0.5, 0.6) is 0 Å². The minimum absolute atomic E-state index is 0.147. The second-order valence-corrected chi connectivity index (χ2v) is 7.11. The number of carbonyl (C=O) groups is 2. The summed E-state index contributed by atoms with van der Waals surface area (Å²) in [6.07, 6.45) is 15.3. The first kappa shape index (κ1) is 23.7. The number of unbranched alkanes of at least 4 members (excludes halogenated alkanes) is 4. The monoisotopic (exact) mass is 354 g/mol. The number of hydrogen-bond acceptors (Lipinski definition) is 2. The molecule has 0 aromatic rings. The van der Waals surface area contributed by atoms with Crippen LogP contribution in [0.4, 0.5) is 0 Å². The zero-order valence-electron chi connectivity index (χ0n) is 16.4. The summed E-state index contributed by atoms with van der Waals surface area (Å²) in [5.74, 6) is -0.281. The highest BCUT2D eigenvalue weighted by atomic mass is 16.4. The minimum Gasteiger partial charge on any atom is -0.481 e. The van der Waals surface area contributed by atoms with E-state index in [1.165, 1.54) is 32.1 Å². The molecule has 4 heteroatoms. The summed E-state index contributed by atoms with van der Waals surface area (Å²) in [7, 11) is 0. The van der Waals surface area contributed by atoms with Crippen LogP contribution in [0.25, 0.3) is 0 Å². The Labute approximate surface area is 153 Å². The minimum atomic E-state index is -0.670. The van der Waals surface area contributed by atoms with Gasteiger partial charge in [0.25, 0.3) is 0 Å². The van der Waals surface area contributed by atoms with Crippen molar-refractivity contribution < 1.29 is 19.8 Å². The van der Waals surface area contributed by atoms with E-state index < -0.39 is 11.9 Å². The average Bonchev–Trinajstić information content (AvgIpc) is 2.60. The van der Waals surface area contributed by atoms with Crippen LogP contribution in [0, 0.1) is 17.8 Å². The van der Waals surface area contributed by atoms with Crippen LogP contribution in [-0.4, -0.2) is 22.2 Å². The molecule has 0 aliphatic heterocycles. The molecule has 146 valence electrons. The molecule has 0 saturated heterocycles. The number of rotatable bonds is 11. The number of aliphatic carboxylic acids is 2. The lowest BCUT2D eigenvalue weighted by molar-refractivity contribution is -0.142. The molecule has 3 unspecified atom stereocenters. The molecule has 1 rings (SSSR count). The summed E-state index contributed by atoms with van der Waals surface area (Å²) in [6, 6.07) is 0. The van der Waals surface area contributed by atoms with Gasteiger partial charge in [0.1, 0.15) is 0 Å². The van der Waals surface area contributed by atoms with Gasteiger partial charge in [-0.05, 0) is 31.1 Å². The molecule has 0 heterocycles. The third-order valence-electron chi connectivity index (χ3n) is 4.99. The van der Waals surface area contributed by atoms with Gasteiger partial charge in [0, 0.05) is 6.42 Å². The zero-order chi connectivity index (χ0) is 19.1. The fourth-order valence-corrected chi connectivity index (χ4v) is 3.44. The van der Waals surface area contributed by atoms with Gasteiger partial charge in [0.15, 0.2) is 0 Å². The number of hydrogen-bond donors (Lipinski definition) is 2. The quantitative estimate of drug-likeness (QED) is 0.357. The van der Waals surface area contributed by atoms with Crippen molar-refractivity contribution in [1.29, 1.82) is 0 Å². The first-order valence-corrected chi connectivity index (χ1v) is 10.1. The van der Waals surface area contributed by atoms with E-state index in [2.05, 4.69) is 32.9 Å². The highest BCUT2D eigenvalue weighted by molar-refractivity contribution is 5.70. The summed E-state index contributed by atoms with van der Waals surface area (Å²) < 4.78 is 0. The van der Waals surface area contributed by atoms with Gasteiger partial charge in [0.2, 0.25) is 0 Å². The van der Waals surface area contributed by atoms with Crippen molar-refractivity contribution in [3.8, 4) is 0 Å². The van der Waals surface area contributed by atoms with Crippen molar-refractivity contribution in [2.75, 3.05) is 0 Å². The molecule has 3 atom stereocenters. The maximum atomic E-state index is 10.9. The number of allylic oxidation sites excluding steroid dienone is 2. The summed E-state index contributed by atoms with van der Waals surface area (Å²) >= 11 is 0. The molecular formula is C21H38O4. The highest BCUT2D eigenvalue weighted by Gasteiger charge is 2.27. The van der Waals surface area contributed by atoms with E-state index in [1.807, 2.05) is 0 Å². The largest absolute Gasteiger partial charge is 0.481 e. The molecule has 2 N–H and O–H groups in total. The van der Waals surface area contributed by atoms with Crippen molar-refractivity contribution in [2.24, 2.45) is 17.8 Å². The molecule has 4 nitrogen and oxygen atoms in total. The standard InChI is InChI=1S/C13H22O2.C8H16O2/c1-3-6-10(4-2)11-7-5-8-12(9-11)13(14)15;1-2-3-4-5-6-7-8(9)10/h5,7,10-12H,3-4,6,8-9H2,1-2H3,(H,14,15);2-7H2,1H3,(H,9,10). The molecule has 0 amide bonds. The van der Waals surface area contributed by atoms with Crippen LogP contribution in [0.3, 0.4) is 0 Å². The van der Waals surface area contributed by atoms with Crippen molar-refractivity contribution in [1.82, 2.24) is 0 Å². The molecule has 0 aromatic carbocycles. The zero-order valence-corrected chi connectivity index (χ0v) is 16.4. The van der Waals surface area contributed by atoms with Gasteiger partial charge in [0.05, 0.1) is 5.92 Å². The third kappa shape index (κ3) is 11.8. The lowest BCUT2D eigenvalue weighted by Crippen LogP contribution is -2.24. The normalized spacial score (nSPS) is 20.4.